The highest BCUT2D eigenvalue weighted by atomic mass is 35.5. The van der Waals surface area contributed by atoms with E-state index in [1.54, 1.807) is 6.07 Å². The molecule has 3 N–H and O–H groups in total. The summed E-state index contributed by atoms with van der Waals surface area (Å²) in [6, 6.07) is 3.91. The van der Waals surface area contributed by atoms with Crippen LogP contribution in [0.4, 0.5) is 0 Å². The van der Waals surface area contributed by atoms with Crippen LogP contribution in [0.15, 0.2) is 18.2 Å². The summed E-state index contributed by atoms with van der Waals surface area (Å²) in [6.45, 7) is 4.63. The van der Waals surface area contributed by atoms with Gasteiger partial charge in [-0.15, -0.1) is 0 Å². The summed E-state index contributed by atoms with van der Waals surface area (Å²) in [6.07, 6.45) is 5.76. The van der Waals surface area contributed by atoms with Crippen LogP contribution in [-0.2, 0) is 9.59 Å². The van der Waals surface area contributed by atoms with E-state index in [0.29, 0.717) is 24.5 Å². The minimum absolute atomic E-state index is 0.0633. The van der Waals surface area contributed by atoms with Crippen LogP contribution in [0.3, 0.4) is 0 Å². The molecule has 1 aliphatic rings. The summed E-state index contributed by atoms with van der Waals surface area (Å²) >= 11 is 12.0. The Bertz CT molecular complexity index is 749. The lowest BCUT2D eigenvalue weighted by atomic mass is 9.89. The number of halogens is 2. The fourth-order valence-corrected chi connectivity index (χ4v) is 4.11. The van der Waals surface area contributed by atoms with Gasteiger partial charge in [0.25, 0.3) is 5.91 Å². The molecule has 3 amide bonds. The predicted molar refractivity (Wildman–Crippen MR) is 120 cm³/mol. The Kier molecular flexibility index (Phi) is 9.92. The van der Waals surface area contributed by atoms with Crippen LogP contribution >= 0.6 is 23.2 Å². The fourth-order valence-electron chi connectivity index (χ4n) is 3.62. The molecule has 0 aromatic heterocycles. The van der Waals surface area contributed by atoms with Crippen LogP contribution in [0.1, 0.15) is 62.7 Å². The lowest BCUT2D eigenvalue weighted by molar-refractivity contribution is -0.126. The first-order valence-corrected chi connectivity index (χ1v) is 11.3. The average Bonchev–Trinajstić information content (AvgIpc) is 2.70. The van der Waals surface area contributed by atoms with Crippen LogP contribution in [-0.4, -0.2) is 36.9 Å². The van der Waals surface area contributed by atoms with Crippen LogP contribution in [0.2, 0.25) is 10.0 Å². The number of hydrogen-bond donors (Lipinski definition) is 3. The van der Waals surface area contributed by atoms with Gasteiger partial charge in [-0.1, -0.05) is 56.3 Å². The van der Waals surface area contributed by atoms with Crippen molar-refractivity contribution in [2.45, 2.75) is 58.4 Å². The molecular formula is C22H31Cl2N3O3. The summed E-state index contributed by atoms with van der Waals surface area (Å²) in [4.78, 5) is 37.4. The summed E-state index contributed by atoms with van der Waals surface area (Å²) in [5.74, 6) is -0.357. The smallest absolute Gasteiger partial charge is 0.253 e. The second kappa shape index (κ2) is 12.2. The number of nitrogens with one attached hydrogen (secondary N) is 3. The Hall–Kier alpha value is -1.79. The highest BCUT2D eigenvalue weighted by Crippen LogP contribution is 2.23. The van der Waals surface area contributed by atoms with E-state index in [0.717, 1.165) is 25.7 Å². The van der Waals surface area contributed by atoms with Gasteiger partial charge >= 0.3 is 0 Å². The second-order valence-electron chi connectivity index (χ2n) is 8.20. The van der Waals surface area contributed by atoms with E-state index in [-0.39, 0.29) is 34.2 Å². The largest absolute Gasteiger partial charge is 0.354 e. The Morgan fingerprint density at radius 1 is 1.03 bits per heavy atom. The van der Waals surface area contributed by atoms with E-state index in [1.807, 2.05) is 13.8 Å². The molecule has 1 aliphatic carbocycles. The molecule has 1 saturated carbocycles. The molecule has 0 radical (unpaired) electrons. The van der Waals surface area contributed by atoms with Crippen molar-refractivity contribution in [2.24, 2.45) is 11.8 Å². The topological polar surface area (TPSA) is 87.3 Å². The summed E-state index contributed by atoms with van der Waals surface area (Å²) < 4.78 is 0. The maximum atomic E-state index is 12.6. The van der Waals surface area contributed by atoms with Gasteiger partial charge in [0.2, 0.25) is 11.8 Å². The SMILES string of the molecule is CC(C)CC(NC(=O)c1ccc(Cl)cc1Cl)C(=O)NCCNC(=O)C1CCCCC1. The molecule has 8 heteroatoms. The third kappa shape index (κ3) is 7.80. The highest BCUT2D eigenvalue weighted by Gasteiger charge is 2.24. The van der Waals surface area contributed by atoms with Crippen molar-refractivity contribution < 1.29 is 14.4 Å². The minimum Gasteiger partial charge on any atom is -0.354 e. The van der Waals surface area contributed by atoms with Crippen molar-refractivity contribution in [3.05, 3.63) is 33.8 Å². The van der Waals surface area contributed by atoms with Crippen molar-refractivity contribution >= 4 is 40.9 Å². The zero-order chi connectivity index (χ0) is 22.1. The van der Waals surface area contributed by atoms with Gasteiger partial charge in [0.1, 0.15) is 6.04 Å². The number of amides is 3. The Morgan fingerprint density at radius 2 is 1.70 bits per heavy atom. The molecule has 0 heterocycles. The predicted octanol–water partition coefficient (Wildman–Crippen LogP) is 3.95. The number of benzene rings is 1. The molecule has 30 heavy (non-hydrogen) atoms. The van der Waals surface area contributed by atoms with Crippen molar-refractivity contribution in [2.75, 3.05) is 13.1 Å². The monoisotopic (exact) mass is 455 g/mol. The van der Waals surface area contributed by atoms with Gasteiger partial charge in [-0.25, -0.2) is 0 Å². The normalized spacial score (nSPS) is 15.5. The molecule has 0 spiro atoms. The molecule has 0 aliphatic heterocycles. The molecule has 1 aromatic carbocycles. The maximum Gasteiger partial charge on any atom is 0.253 e. The van der Waals surface area contributed by atoms with E-state index in [4.69, 9.17) is 23.2 Å². The average molecular weight is 456 g/mol. The van der Waals surface area contributed by atoms with Crippen LogP contribution < -0.4 is 16.0 Å². The zero-order valence-electron chi connectivity index (χ0n) is 17.6. The van der Waals surface area contributed by atoms with Crippen LogP contribution in [0, 0.1) is 11.8 Å². The summed E-state index contributed by atoms with van der Waals surface area (Å²) in [7, 11) is 0. The second-order valence-corrected chi connectivity index (χ2v) is 9.04. The van der Waals surface area contributed by atoms with E-state index in [1.165, 1.54) is 18.6 Å². The number of hydrogen-bond acceptors (Lipinski definition) is 3. The third-order valence-electron chi connectivity index (χ3n) is 5.20. The number of carbonyl (C=O) groups excluding carboxylic acids is 3. The molecule has 1 unspecified atom stereocenters. The Labute approximate surface area is 188 Å². The molecule has 1 fully saturated rings. The minimum atomic E-state index is -0.696. The van der Waals surface area contributed by atoms with Gasteiger partial charge < -0.3 is 16.0 Å². The van der Waals surface area contributed by atoms with Gasteiger partial charge in [-0.3, -0.25) is 14.4 Å². The number of rotatable bonds is 9. The fraction of sp³-hybridized carbons (Fsp3) is 0.591. The maximum absolute atomic E-state index is 12.6. The molecule has 0 bridgehead atoms. The van der Waals surface area contributed by atoms with Gasteiger partial charge in [0.05, 0.1) is 10.6 Å². The Morgan fingerprint density at radius 3 is 2.33 bits per heavy atom. The molecule has 1 atom stereocenters. The molecule has 1 aromatic rings. The highest BCUT2D eigenvalue weighted by molar-refractivity contribution is 6.36. The van der Waals surface area contributed by atoms with Crippen molar-refractivity contribution in [1.82, 2.24) is 16.0 Å². The van der Waals surface area contributed by atoms with Crippen molar-refractivity contribution in [3.63, 3.8) is 0 Å². The van der Waals surface area contributed by atoms with Gasteiger partial charge in [-0.2, -0.15) is 0 Å². The molecule has 166 valence electrons. The lowest BCUT2D eigenvalue weighted by Crippen LogP contribution is -2.49. The van der Waals surface area contributed by atoms with Gasteiger partial charge in [-0.05, 0) is 43.4 Å². The van der Waals surface area contributed by atoms with E-state index in [2.05, 4.69) is 16.0 Å². The standard InChI is InChI=1S/C22H31Cl2N3O3/c1-14(2)12-19(27-21(29)17-9-8-16(23)13-18(17)24)22(30)26-11-10-25-20(28)15-6-4-3-5-7-15/h8-9,13-15,19H,3-7,10-12H2,1-2H3,(H,25,28)(H,26,30)(H,27,29). The first-order chi connectivity index (χ1) is 14.3. The lowest BCUT2D eigenvalue weighted by Gasteiger charge is -2.22. The Balaban J connectivity index is 1.85. The first kappa shape index (κ1) is 24.5. The summed E-state index contributed by atoms with van der Waals surface area (Å²) in [5, 5.41) is 9.12. The molecule has 6 nitrogen and oxygen atoms in total. The zero-order valence-corrected chi connectivity index (χ0v) is 19.1. The summed E-state index contributed by atoms with van der Waals surface area (Å²) in [5.41, 5.74) is 0.266. The van der Waals surface area contributed by atoms with Crippen LogP contribution in [0.25, 0.3) is 0 Å². The van der Waals surface area contributed by atoms with Crippen molar-refractivity contribution in [1.29, 1.82) is 0 Å². The van der Waals surface area contributed by atoms with Crippen LogP contribution in [0.5, 0.6) is 0 Å². The molecule has 2 rings (SSSR count). The number of carbonyl (C=O) groups is 3. The first-order valence-electron chi connectivity index (χ1n) is 10.6. The quantitative estimate of drug-likeness (QED) is 0.492. The third-order valence-corrected chi connectivity index (χ3v) is 5.75. The van der Waals surface area contributed by atoms with Gasteiger partial charge in [0.15, 0.2) is 0 Å². The molecule has 0 saturated heterocycles. The van der Waals surface area contributed by atoms with Crippen molar-refractivity contribution in [3.8, 4) is 0 Å². The van der Waals surface area contributed by atoms with Gasteiger partial charge in [0, 0.05) is 24.0 Å². The molecular weight excluding hydrogens is 425 g/mol. The van der Waals surface area contributed by atoms with E-state index >= 15 is 0 Å². The van der Waals surface area contributed by atoms with E-state index in [9.17, 15) is 14.4 Å². The van der Waals surface area contributed by atoms with E-state index < -0.39 is 11.9 Å².